The number of hydrogen-bond acceptors (Lipinski definition) is 6. The number of morpholine rings is 1. The SMILES string of the molecule is Cc1noc([C@H]2CN(C(=O)c3cc(-n4cccc4)ccn3)C[C@@H](C)O2)n1. The van der Waals surface area contributed by atoms with E-state index in [0.29, 0.717) is 30.5 Å². The summed E-state index contributed by atoms with van der Waals surface area (Å²) in [5.41, 5.74) is 1.28. The second-order valence-electron chi connectivity index (χ2n) is 6.31. The molecule has 0 aliphatic carbocycles. The van der Waals surface area contributed by atoms with E-state index in [1.54, 1.807) is 24.1 Å². The molecule has 2 atom stereocenters. The summed E-state index contributed by atoms with van der Waals surface area (Å²) in [6, 6.07) is 7.52. The van der Waals surface area contributed by atoms with E-state index in [-0.39, 0.29) is 12.0 Å². The van der Waals surface area contributed by atoms with Gasteiger partial charge >= 0.3 is 0 Å². The Morgan fingerprint density at radius 1 is 1.27 bits per heavy atom. The summed E-state index contributed by atoms with van der Waals surface area (Å²) in [6.07, 6.45) is 4.92. The minimum Gasteiger partial charge on any atom is -0.362 e. The highest BCUT2D eigenvalue weighted by Gasteiger charge is 2.33. The molecule has 134 valence electrons. The third-order valence-corrected chi connectivity index (χ3v) is 4.23. The molecule has 3 aromatic rings. The van der Waals surface area contributed by atoms with E-state index in [4.69, 9.17) is 9.26 Å². The van der Waals surface area contributed by atoms with Crippen LogP contribution in [-0.4, -0.2) is 49.7 Å². The van der Waals surface area contributed by atoms with Gasteiger partial charge in [0.15, 0.2) is 11.9 Å². The predicted octanol–water partition coefficient (Wildman–Crippen LogP) is 2.17. The van der Waals surface area contributed by atoms with E-state index < -0.39 is 6.10 Å². The van der Waals surface area contributed by atoms with Crippen molar-refractivity contribution in [2.75, 3.05) is 13.1 Å². The Morgan fingerprint density at radius 2 is 2.08 bits per heavy atom. The van der Waals surface area contributed by atoms with Crippen LogP contribution in [-0.2, 0) is 4.74 Å². The number of rotatable bonds is 3. The van der Waals surface area contributed by atoms with Gasteiger partial charge in [0.1, 0.15) is 5.69 Å². The first-order valence-corrected chi connectivity index (χ1v) is 8.44. The number of carbonyl (C=O) groups is 1. The number of pyridine rings is 1. The van der Waals surface area contributed by atoms with Gasteiger partial charge in [-0.05, 0) is 38.1 Å². The lowest BCUT2D eigenvalue weighted by Gasteiger charge is -2.35. The first-order chi connectivity index (χ1) is 12.6. The van der Waals surface area contributed by atoms with Gasteiger partial charge in [-0.25, -0.2) is 0 Å². The lowest BCUT2D eigenvalue weighted by Crippen LogP contribution is -2.46. The van der Waals surface area contributed by atoms with Gasteiger partial charge < -0.3 is 18.7 Å². The smallest absolute Gasteiger partial charge is 0.272 e. The Bertz CT molecular complexity index is 905. The highest BCUT2D eigenvalue weighted by Crippen LogP contribution is 2.25. The molecule has 3 aromatic heterocycles. The van der Waals surface area contributed by atoms with Gasteiger partial charge in [-0.15, -0.1) is 0 Å². The van der Waals surface area contributed by atoms with Crippen molar-refractivity contribution in [2.45, 2.75) is 26.1 Å². The Balaban J connectivity index is 1.56. The molecule has 0 saturated carbocycles. The van der Waals surface area contributed by atoms with E-state index in [2.05, 4.69) is 15.1 Å². The van der Waals surface area contributed by atoms with Crippen LogP contribution in [0.4, 0.5) is 0 Å². The van der Waals surface area contributed by atoms with Crippen molar-refractivity contribution in [3.05, 3.63) is 60.3 Å². The predicted molar refractivity (Wildman–Crippen MR) is 91.8 cm³/mol. The molecule has 1 aliphatic rings. The molecule has 0 radical (unpaired) electrons. The number of aryl methyl sites for hydroxylation is 1. The highest BCUT2D eigenvalue weighted by atomic mass is 16.5. The third-order valence-electron chi connectivity index (χ3n) is 4.23. The van der Waals surface area contributed by atoms with E-state index in [1.807, 2.05) is 42.1 Å². The summed E-state index contributed by atoms with van der Waals surface area (Å²) in [7, 11) is 0. The fraction of sp³-hybridized carbons (Fsp3) is 0.333. The Morgan fingerprint density at radius 3 is 2.81 bits per heavy atom. The topological polar surface area (TPSA) is 86.3 Å². The van der Waals surface area contributed by atoms with Gasteiger partial charge in [-0.2, -0.15) is 4.98 Å². The molecular weight excluding hydrogens is 334 g/mol. The third kappa shape index (κ3) is 3.23. The van der Waals surface area contributed by atoms with Gasteiger partial charge in [-0.3, -0.25) is 9.78 Å². The lowest BCUT2D eigenvalue weighted by atomic mass is 10.2. The zero-order valence-electron chi connectivity index (χ0n) is 14.6. The molecule has 0 aromatic carbocycles. The zero-order chi connectivity index (χ0) is 18.1. The van der Waals surface area contributed by atoms with Gasteiger partial charge in [-0.1, -0.05) is 5.16 Å². The quantitative estimate of drug-likeness (QED) is 0.717. The van der Waals surface area contributed by atoms with Crippen molar-refractivity contribution < 1.29 is 14.1 Å². The van der Waals surface area contributed by atoms with Crippen LogP contribution < -0.4 is 0 Å². The average molecular weight is 353 g/mol. The molecule has 8 heteroatoms. The zero-order valence-corrected chi connectivity index (χ0v) is 14.6. The average Bonchev–Trinajstić information content (AvgIpc) is 3.32. The van der Waals surface area contributed by atoms with Crippen molar-refractivity contribution >= 4 is 5.91 Å². The molecule has 0 bridgehead atoms. The largest absolute Gasteiger partial charge is 0.362 e. The van der Waals surface area contributed by atoms with Crippen LogP contribution in [0, 0.1) is 6.92 Å². The number of aromatic nitrogens is 4. The molecule has 1 aliphatic heterocycles. The van der Waals surface area contributed by atoms with E-state index >= 15 is 0 Å². The maximum Gasteiger partial charge on any atom is 0.272 e. The molecule has 26 heavy (non-hydrogen) atoms. The minimum atomic E-state index is -0.434. The summed E-state index contributed by atoms with van der Waals surface area (Å²) in [4.78, 5) is 23.2. The van der Waals surface area contributed by atoms with Crippen molar-refractivity contribution in [2.24, 2.45) is 0 Å². The summed E-state index contributed by atoms with van der Waals surface area (Å²) in [5, 5.41) is 3.80. The second-order valence-corrected chi connectivity index (χ2v) is 6.31. The Kier molecular flexibility index (Phi) is 4.26. The van der Waals surface area contributed by atoms with Crippen molar-refractivity contribution in [1.29, 1.82) is 0 Å². The number of nitrogens with zero attached hydrogens (tertiary/aromatic N) is 5. The van der Waals surface area contributed by atoms with Crippen molar-refractivity contribution in [3.8, 4) is 5.69 Å². The van der Waals surface area contributed by atoms with Gasteiger partial charge in [0, 0.05) is 30.8 Å². The molecule has 8 nitrogen and oxygen atoms in total. The van der Waals surface area contributed by atoms with Crippen LogP contribution in [0.3, 0.4) is 0 Å². The molecule has 0 unspecified atom stereocenters. The molecule has 0 spiro atoms. The van der Waals surface area contributed by atoms with Gasteiger partial charge in [0.2, 0.25) is 0 Å². The van der Waals surface area contributed by atoms with Crippen molar-refractivity contribution in [3.63, 3.8) is 0 Å². The normalized spacial score (nSPS) is 20.3. The Hall–Kier alpha value is -3.00. The van der Waals surface area contributed by atoms with Crippen LogP contribution in [0.1, 0.15) is 35.2 Å². The number of carbonyl (C=O) groups excluding carboxylic acids is 1. The highest BCUT2D eigenvalue weighted by molar-refractivity contribution is 5.92. The molecule has 4 heterocycles. The molecule has 1 saturated heterocycles. The summed E-state index contributed by atoms with van der Waals surface area (Å²) in [6.45, 7) is 4.50. The number of amides is 1. The monoisotopic (exact) mass is 353 g/mol. The van der Waals surface area contributed by atoms with E-state index in [0.717, 1.165) is 5.69 Å². The molecule has 1 amide bonds. The number of hydrogen-bond donors (Lipinski definition) is 0. The maximum absolute atomic E-state index is 13.0. The fourth-order valence-corrected chi connectivity index (χ4v) is 3.06. The van der Waals surface area contributed by atoms with Crippen LogP contribution in [0.2, 0.25) is 0 Å². The lowest BCUT2D eigenvalue weighted by molar-refractivity contribution is -0.0811. The van der Waals surface area contributed by atoms with Gasteiger partial charge in [0.25, 0.3) is 11.8 Å². The first kappa shape index (κ1) is 16.5. The summed E-state index contributed by atoms with van der Waals surface area (Å²) < 4.78 is 13.0. The van der Waals surface area contributed by atoms with Crippen LogP contribution >= 0.6 is 0 Å². The van der Waals surface area contributed by atoms with Gasteiger partial charge in [0.05, 0.1) is 12.6 Å². The van der Waals surface area contributed by atoms with Crippen molar-refractivity contribution in [1.82, 2.24) is 24.6 Å². The maximum atomic E-state index is 13.0. The molecular formula is C18H19N5O3. The fourth-order valence-electron chi connectivity index (χ4n) is 3.06. The van der Waals surface area contributed by atoms with E-state index in [1.165, 1.54) is 0 Å². The van der Waals surface area contributed by atoms with Crippen LogP contribution in [0.25, 0.3) is 5.69 Å². The summed E-state index contributed by atoms with van der Waals surface area (Å²) >= 11 is 0. The van der Waals surface area contributed by atoms with Crippen LogP contribution in [0.15, 0.2) is 47.4 Å². The molecule has 4 rings (SSSR count). The minimum absolute atomic E-state index is 0.141. The molecule has 1 fully saturated rings. The summed E-state index contributed by atoms with van der Waals surface area (Å²) in [5.74, 6) is 0.789. The van der Waals surface area contributed by atoms with Crippen LogP contribution in [0.5, 0.6) is 0 Å². The standard InChI is InChI=1S/C18H19N5O3/c1-12-10-23(11-16(25-12)17-20-13(2)21-26-17)18(24)15-9-14(5-6-19-15)22-7-3-4-8-22/h3-9,12,16H,10-11H2,1-2H3/t12-,16-/m1/s1. The second kappa shape index (κ2) is 6.72. The van der Waals surface area contributed by atoms with E-state index in [9.17, 15) is 4.79 Å². The Labute approximate surface area is 150 Å². The first-order valence-electron chi connectivity index (χ1n) is 8.44. The molecule has 0 N–H and O–H groups in total. The number of ether oxygens (including phenoxy) is 1.